The Hall–Kier alpha value is -2.33. The fourth-order valence-electron chi connectivity index (χ4n) is 2.37. The first kappa shape index (κ1) is 19.4. The predicted molar refractivity (Wildman–Crippen MR) is 105 cm³/mol. The predicted octanol–water partition coefficient (Wildman–Crippen LogP) is 3.89. The highest BCUT2D eigenvalue weighted by Crippen LogP contribution is 2.25. The van der Waals surface area contributed by atoms with E-state index in [1.165, 1.54) is 29.5 Å². The van der Waals surface area contributed by atoms with E-state index in [1.54, 1.807) is 12.1 Å². The minimum atomic E-state index is -3.99. The van der Waals surface area contributed by atoms with Crippen molar-refractivity contribution in [3.05, 3.63) is 74.7 Å². The van der Waals surface area contributed by atoms with Crippen molar-refractivity contribution >= 4 is 38.6 Å². The quantitative estimate of drug-likeness (QED) is 0.458. The number of halogens is 1. The molecule has 1 aromatic heterocycles. The number of aromatic nitrogens is 1. The van der Waals surface area contributed by atoms with E-state index in [2.05, 4.69) is 9.71 Å². The molecule has 0 bridgehead atoms. The Balaban J connectivity index is 1.66. The molecule has 0 fully saturated rings. The van der Waals surface area contributed by atoms with Crippen LogP contribution in [0.4, 0.5) is 5.69 Å². The first-order chi connectivity index (χ1) is 12.9. The lowest BCUT2D eigenvalue weighted by Crippen LogP contribution is -2.26. The zero-order valence-corrected chi connectivity index (χ0v) is 16.2. The van der Waals surface area contributed by atoms with Crippen LogP contribution in [0, 0.1) is 10.1 Å². The lowest BCUT2D eigenvalue weighted by Gasteiger charge is -2.06. The van der Waals surface area contributed by atoms with Crippen LogP contribution in [0.15, 0.2) is 58.8 Å². The topological polar surface area (TPSA) is 102 Å². The molecule has 140 valence electrons. The summed E-state index contributed by atoms with van der Waals surface area (Å²) in [7, 11) is -3.99. The molecule has 2 aromatic carbocycles. The molecule has 0 aliphatic heterocycles. The van der Waals surface area contributed by atoms with Gasteiger partial charge in [0.05, 0.1) is 10.6 Å². The van der Waals surface area contributed by atoms with Crippen molar-refractivity contribution in [3.8, 4) is 10.6 Å². The van der Waals surface area contributed by atoms with Crippen LogP contribution in [0.25, 0.3) is 10.6 Å². The SMILES string of the molecule is O=[N+]([O-])c1ccccc1S(=O)(=O)NCCc1csc(-c2ccc(Cl)cc2)n1. The van der Waals surface area contributed by atoms with E-state index >= 15 is 0 Å². The van der Waals surface area contributed by atoms with Crippen LogP contribution in [0.2, 0.25) is 5.02 Å². The summed E-state index contributed by atoms with van der Waals surface area (Å²) in [6.07, 6.45) is 0.365. The van der Waals surface area contributed by atoms with Gasteiger partial charge < -0.3 is 0 Å². The summed E-state index contributed by atoms with van der Waals surface area (Å²) in [6, 6.07) is 12.5. The summed E-state index contributed by atoms with van der Waals surface area (Å²) in [4.78, 5) is 14.4. The van der Waals surface area contributed by atoms with Crippen molar-refractivity contribution in [3.63, 3.8) is 0 Å². The highest BCUT2D eigenvalue weighted by atomic mass is 35.5. The van der Waals surface area contributed by atoms with Crippen molar-refractivity contribution in [2.24, 2.45) is 0 Å². The van der Waals surface area contributed by atoms with E-state index in [0.29, 0.717) is 11.4 Å². The summed E-state index contributed by atoms with van der Waals surface area (Å²) in [6.45, 7) is 0.0815. The average Bonchev–Trinajstić information content (AvgIpc) is 3.11. The van der Waals surface area contributed by atoms with Crippen LogP contribution in [-0.4, -0.2) is 24.9 Å². The molecule has 0 saturated carbocycles. The summed E-state index contributed by atoms with van der Waals surface area (Å²) in [5.74, 6) is 0. The maximum atomic E-state index is 12.4. The Kier molecular flexibility index (Phi) is 5.85. The van der Waals surface area contributed by atoms with Gasteiger partial charge in [-0.3, -0.25) is 10.1 Å². The van der Waals surface area contributed by atoms with Gasteiger partial charge in [-0.1, -0.05) is 35.9 Å². The molecule has 10 heteroatoms. The van der Waals surface area contributed by atoms with E-state index in [-0.39, 0.29) is 11.4 Å². The number of rotatable bonds is 7. The molecule has 7 nitrogen and oxygen atoms in total. The summed E-state index contributed by atoms with van der Waals surface area (Å²) >= 11 is 7.32. The van der Waals surface area contributed by atoms with Crippen molar-refractivity contribution in [1.82, 2.24) is 9.71 Å². The van der Waals surface area contributed by atoms with Gasteiger partial charge in [0.1, 0.15) is 5.01 Å². The summed E-state index contributed by atoms with van der Waals surface area (Å²) in [5.41, 5.74) is 1.20. The smallest absolute Gasteiger partial charge is 0.258 e. The number of nitrogens with one attached hydrogen (secondary N) is 1. The van der Waals surface area contributed by atoms with Gasteiger partial charge in [-0.2, -0.15) is 0 Å². The van der Waals surface area contributed by atoms with E-state index in [9.17, 15) is 18.5 Å². The van der Waals surface area contributed by atoms with Crippen molar-refractivity contribution in [2.45, 2.75) is 11.3 Å². The van der Waals surface area contributed by atoms with E-state index in [4.69, 9.17) is 11.6 Å². The largest absolute Gasteiger partial charge is 0.289 e. The van der Waals surface area contributed by atoms with Gasteiger partial charge in [-0.15, -0.1) is 11.3 Å². The highest BCUT2D eigenvalue weighted by molar-refractivity contribution is 7.89. The minimum Gasteiger partial charge on any atom is -0.258 e. The second-order valence-corrected chi connectivity index (χ2v) is 8.55. The molecule has 3 aromatic rings. The van der Waals surface area contributed by atoms with Gasteiger partial charge in [0.25, 0.3) is 5.69 Å². The van der Waals surface area contributed by atoms with Gasteiger partial charge in [-0.25, -0.2) is 18.1 Å². The summed E-state index contributed by atoms with van der Waals surface area (Å²) in [5, 5.41) is 14.3. The number of hydrogen-bond acceptors (Lipinski definition) is 6. The molecular weight excluding hydrogens is 410 g/mol. The van der Waals surface area contributed by atoms with Gasteiger partial charge in [0, 0.05) is 35.0 Å². The monoisotopic (exact) mass is 423 g/mol. The molecule has 3 rings (SSSR count). The minimum absolute atomic E-state index is 0.0815. The Bertz CT molecular complexity index is 1070. The van der Waals surface area contributed by atoms with E-state index in [0.717, 1.165) is 22.3 Å². The van der Waals surface area contributed by atoms with Gasteiger partial charge >= 0.3 is 0 Å². The van der Waals surface area contributed by atoms with Crippen LogP contribution < -0.4 is 4.72 Å². The fraction of sp³-hybridized carbons (Fsp3) is 0.118. The number of nitrogens with zero attached hydrogens (tertiary/aromatic N) is 2. The Morgan fingerprint density at radius 2 is 1.85 bits per heavy atom. The Morgan fingerprint density at radius 3 is 2.56 bits per heavy atom. The molecular formula is C17H14ClN3O4S2. The number of para-hydroxylation sites is 1. The van der Waals surface area contributed by atoms with Crippen molar-refractivity contribution in [2.75, 3.05) is 6.54 Å². The van der Waals surface area contributed by atoms with E-state index < -0.39 is 20.6 Å². The molecule has 0 saturated heterocycles. The van der Waals surface area contributed by atoms with Crippen LogP contribution in [0.1, 0.15) is 5.69 Å². The average molecular weight is 424 g/mol. The normalized spacial score (nSPS) is 11.4. The van der Waals surface area contributed by atoms with Crippen molar-refractivity contribution < 1.29 is 13.3 Å². The molecule has 0 unspecified atom stereocenters. The molecule has 27 heavy (non-hydrogen) atoms. The number of thiazole rings is 1. The van der Waals surface area contributed by atoms with Gasteiger partial charge in [0.2, 0.25) is 10.0 Å². The third kappa shape index (κ3) is 4.69. The second kappa shape index (κ2) is 8.13. The molecule has 1 N–H and O–H groups in total. The van der Waals surface area contributed by atoms with Crippen LogP contribution in [0.5, 0.6) is 0 Å². The van der Waals surface area contributed by atoms with Crippen molar-refractivity contribution in [1.29, 1.82) is 0 Å². The standard InChI is InChI=1S/C17H14ClN3O4S2/c18-13-7-5-12(6-8-13)17-20-14(11-26-17)9-10-19-27(24,25)16-4-2-1-3-15(16)21(22)23/h1-8,11,19H,9-10H2. The molecule has 0 aliphatic carbocycles. The molecule has 0 aliphatic rings. The molecule has 0 spiro atoms. The number of sulfonamides is 1. The zero-order valence-electron chi connectivity index (χ0n) is 13.8. The molecule has 0 amide bonds. The number of benzene rings is 2. The van der Waals surface area contributed by atoms with E-state index in [1.807, 2.05) is 17.5 Å². The molecule has 0 atom stereocenters. The summed E-state index contributed by atoms with van der Waals surface area (Å²) < 4.78 is 27.1. The highest BCUT2D eigenvalue weighted by Gasteiger charge is 2.24. The first-order valence-corrected chi connectivity index (χ1v) is 10.5. The lowest BCUT2D eigenvalue weighted by atomic mass is 10.2. The Morgan fingerprint density at radius 1 is 1.15 bits per heavy atom. The third-order valence-corrected chi connectivity index (χ3v) is 6.37. The number of hydrogen-bond donors (Lipinski definition) is 1. The van der Waals surface area contributed by atoms with Gasteiger partial charge in [-0.05, 0) is 18.2 Å². The first-order valence-electron chi connectivity index (χ1n) is 7.80. The van der Waals surface area contributed by atoms with Gasteiger partial charge in [0.15, 0.2) is 4.90 Å². The second-order valence-electron chi connectivity index (χ2n) is 5.52. The zero-order chi connectivity index (χ0) is 19.4. The maximum Gasteiger partial charge on any atom is 0.289 e. The molecule has 1 heterocycles. The number of nitro groups is 1. The van der Waals surface area contributed by atoms with Crippen LogP contribution >= 0.6 is 22.9 Å². The van der Waals surface area contributed by atoms with Crippen LogP contribution in [-0.2, 0) is 16.4 Å². The Labute approximate surface area is 164 Å². The maximum absolute atomic E-state index is 12.4. The lowest BCUT2D eigenvalue weighted by molar-refractivity contribution is -0.387. The third-order valence-electron chi connectivity index (χ3n) is 3.67. The van der Waals surface area contributed by atoms with Crippen LogP contribution in [0.3, 0.4) is 0 Å². The number of nitro benzene ring substituents is 1. The fourth-order valence-corrected chi connectivity index (χ4v) is 4.56. The molecule has 0 radical (unpaired) electrons.